The molecule has 0 heterocycles. The van der Waals surface area contributed by atoms with E-state index in [1.807, 2.05) is 13.0 Å². The fourth-order valence-corrected chi connectivity index (χ4v) is 4.77. The standard InChI is InChI=1S/C24H25ClN2O5S/c1-17-8-11-20(12-9-17)33(30,31)27(21-14-19(25)10-13-23(21)32-2)16-24(29)26-15-22(28)18-6-4-3-5-7-18/h3-14,22,28H,15-16H2,1-2H3,(H,26,29)/t22-/m1/s1. The highest BCUT2D eigenvalue weighted by molar-refractivity contribution is 7.92. The minimum atomic E-state index is -4.13. The van der Waals surface area contributed by atoms with Crippen LogP contribution in [0.1, 0.15) is 17.2 Å². The van der Waals surface area contributed by atoms with Crippen LogP contribution in [-0.2, 0) is 14.8 Å². The van der Waals surface area contributed by atoms with Crippen molar-refractivity contribution in [2.24, 2.45) is 0 Å². The highest BCUT2D eigenvalue weighted by Crippen LogP contribution is 2.34. The summed E-state index contributed by atoms with van der Waals surface area (Å²) >= 11 is 6.13. The van der Waals surface area contributed by atoms with Crippen LogP contribution < -0.4 is 14.4 Å². The Hall–Kier alpha value is -3.07. The number of hydrogen-bond acceptors (Lipinski definition) is 5. The van der Waals surface area contributed by atoms with Crippen LogP contribution in [0.4, 0.5) is 5.69 Å². The van der Waals surface area contributed by atoms with Crippen LogP contribution in [-0.4, -0.2) is 39.6 Å². The Morgan fingerprint density at radius 2 is 1.76 bits per heavy atom. The Labute approximate surface area is 198 Å². The van der Waals surface area contributed by atoms with E-state index >= 15 is 0 Å². The van der Waals surface area contributed by atoms with Gasteiger partial charge in [0.15, 0.2) is 0 Å². The molecule has 1 amide bonds. The van der Waals surface area contributed by atoms with Crippen LogP contribution >= 0.6 is 11.6 Å². The van der Waals surface area contributed by atoms with Crippen LogP contribution in [0, 0.1) is 6.92 Å². The molecule has 0 radical (unpaired) electrons. The fourth-order valence-electron chi connectivity index (χ4n) is 3.19. The number of halogens is 1. The van der Waals surface area contributed by atoms with E-state index in [9.17, 15) is 18.3 Å². The maximum absolute atomic E-state index is 13.5. The quantitative estimate of drug-likeness (QED) is 0.478. The van der Waals surface area contributed by atoms with E-state index in [0.717, 1.165) is 9.87 Å². The second-order valence-electron chi connectivity index (χ2n) is 7.37. The van der Waals surface area contributed by atoms with Crippen molar-refractivity contribution in [2.45, 2.75) is 17.9 Å². The highest BCUT2D eigenvalue weighted by Gasteiger charge is 2.30. The van der Waals surface area contributed by atoms with E-state index in [1.165, 1.54) is 31.4 Å². The number of sulfonamides is 1. The number of anilines is 1. The number of methoxy groups -OCH3 is 1. The second-order valence-corrected chi connectivity index (χ2v) is 9.67. The van der Waals surface area contributed by atoms with E-state index in [4.69, 9.17) is 16.3 Å². The molecular weight excluding hydrogens is 464 g/mol. The Kier molecular flexibility index (Phi) is 7.97. The van der Waals surface area contributed by atoms with Gasteiger partial charge < -0.3 is 15.2 Å². The number of carbonyl (C=O) groups excluding carboxylic acids is 1. The SMILES string of the molecule is COc1ccc(Cl)cc1N(CC(=O)NC[C@@H](O)c1ccccc1)S(=O)(=O)c1ccc(C)cc1. The third-order valence-electron chi connectivity index (χ3n) is 4.98. The summed E-state index contributed by atoms with van der Waals surface area (Å²) in [5.41, 5.74) is 1.66. The van der Waals surface area contributed by atoms with Gasteiger partial charge in [0.25, 0.3) is 10.0 Å². The van der Waals surface area contributed by atoms with Crippen molar-refractivity contribution in [1.82, 2.24) is 5.32 Å². The molecule has 0 saturated carbocycles. The monoisotopic (exact) mass is 488 g/mol. The molecule has 3 aromatic rings. The largest absolute Gasteiger partial charge is 0.495 e. The molecular formula is C24H25ClN2O5S. The zero-order valence-electron chi connectivity index (χ0n) is 18.2. The first-order valence-electron chi connectivity index (χ1n) is 10.1. The number of benzene rings is 3. The predicted molar refractivity (Wildman–Crippen MR) is 128 cm³/mol. The Morgan fingerprint density at radius 1 is 1.09 bits per heavy atom. The van der Waals surface area contributed by atoms with Gasteiger partial charge in [0.05, 0.1) is 23.8 Å². The third kappa shape index (κ3) is 6.04. The Balaban J connectivity index is 1.90. The molecule has 3 aromatic carbocycles. The van der Waals surface area contributed by atoms with Gasteiger partial charge in [0.1, 0.15) is 12.3 Å². The third-order valence-corrected chi connectivity index (χ3v) is 6.99. The van der Waals surface area contributed by atoms with Gasteiger partial charge in [-0.15, -0.1) is 0 Å². The van der Waals surface area contributed by atoms with Crippen LogP contribution in [0.5, 0.6) is 5.75 Å². The van der Waals surface area contributed by atoms with Gasteiger partial charge in [0, 0.05) is 11.6 Å². The minimum absolute atomic E-state index is 0.0206. The molecule has 0 aromatic heterocycles. The molecule has 0 aliphatic heterocycles. The van der Waals surface area contributed by atoms with Crippen molar-refractivity contribution in [2.75, 3.05) is 24.5 Å². The lowest BCUT2D eigenvalue weighted by atomic mass is 10.1. The van der Waals surface area contributed by atoms with Crippen LogP contribution in [0.15, 0.2) is 77.7 Å². The van der Waals surface area contributed by atoms with Crippen LogP contribution in [0.25, 0.3) is 0 Å². The Morgan fingerprint density at radius 3 is 2.39 bits per heavy atom. The van der Waals surface area contributed by atoms with Crippen molar-refractivity contribution < 1.29 is 23.1 Å². The number of aliphatic hydroxyl groups is 1. The molecule has 0 aliphatic rings. The first-order valence-corrected chi connectivity index (χ1v) is 12.0. The predicted octanol–water partition coefficient (Wildman–Crippen LogP) is 3.70. The molecule has 0 bridgehead atoms. The maximum atomic E-state index is 13.5. The number of rotatable bonds is 9. The summed E-state index contributed by atoms with van der Waals surface area (Å²) in [7, 11) is -2.73. The number of carbonyl (C=O) groups is 1. The number of ether oxygens (including phenoxy) is 1. The highest BCUT2D eigenvalue weighted by atomic mass is 35.5. The minimum Gasteiger partial charge on any atom is -0.495 e. The molecule has 2 N–H and O–H groups in total. The van der Waals surface area contributed by atoms with Gasteiger partial charge in [-0.3, -0.25) is 9.10 Å². The van der Waals surface area contributed by atoms with Gasteiger partial charge in [0.2, 0.25) is 5.91 Å². The van der Waals surface area contributed by atoms with E-state index in [0.29, 0.717) is 5.56 Å². The number of nitrogens with one attached hydrogen (secondary N) is 1. The van der Waals surface area contributed by atoms with Gasteiger partial charge in [-0.25, -0.2) is 8.42 Å². The van der Waals surface area contributed by atoms with Gasteiger partial charge >= 0.3 is 0 Å². The normalized spacial score (nSPS) is 12.1. The van der Waals surface area contributed by atoms with Crippen LogP contribution in [0.3, 0.4) is 0 Å². The van der Waals surface area contributed by atoms with Gasteiger partial charge in [-0.05, 0) is 42.8 Å². The summed E-state index contributed by atoms with van der Waals surface area (Å²) in [6.45, 7) is 1.24. The summed E-state index contributed by atoms with van der Waals surface area (Å²) < 4.78 is 33.3. The van der Waals surface area contributed by atoms with Crippen molar-refractivity contribution in [3.8, 4) is 5.75 Å². The zero-order valence-corrected chi connectivity index (χ0v) is 19.8. The lowest BCUT2D eigenvalue weighted by molar-refractivity contribution is -0.120. The number of amides is 1. The van der Waals surface area contributed by atoms with Gasteiger partial charge in [-0.1, -0.05) is 59.6 Å². The first-order chi connectivity index (χ1) is 15.7. The lowest BCUT2D eigenvalue weighted by Crippen LogP contribution is -2.42. The number of hydrogen-bond donors (Lipinski definition) is 2. The van der Waals surface area contributed by atoms with E-state index in [2.05, 4.69) is 5.32 Å². The van der Waals surface area contributed by atoms with E-state index in [-0.39, 0.29) is 27.9 Å². The molecule has 1 atom stereocenters. The summed E-state index contributed by atoms with van der Waals surface area (Å²) in [5, 5.41) is 13.2. The molecule has 7 nitrogen and oxygen atoms in total. The average Bonchev–Trinajstić information content (AvgIpc) is 2.81. The molecule has 3 rings (SSSR count). The summed E-state index contributed by atoms with van der Waals surface area (Å²) in [6.07, 6.45) is -0.932. The molecule has 0 spiro atoms. The molecule has 0 saturated heterocycles. The number of aryl methyl sites for hydroxylation is 1. The lowest BCUT2D eigenvalue weighted by Gasteiger charge is -2.26. The summed E-state index contributed by atoms with van der Waals surface area (Å²) in [5.74, 6) is -0.352. The van der Waals surface area contributed by atoms with E-state index in [1.54, 1.807) is 42.5 Å². The number of nitrogens with zero attached hydrogens (tertiary/aromatic N) is 1. The maximum Gasteiger partial charge on any atom is 0.264 e. The zero-order chi connectivity index (χ0) is 24.0. The molecule has 9 heteroatoms. The molecule has 0 aliphatic carbocycles. The Bertz CT molecular complexity index is 1200. The molecule has 0 unspecified atom stereocenters. The van der Waals surface area contributed by atoms with Crippen molar-refractivity contribution in [3.63, 3.8) is 0 Å². The second kappa shape index (κ2) is 10.7. The molecule has 0 fully saturated rings. The first kappa shape index (κ1) is 24.6. The molecule has 174 valence electrons. The summed E-state index contributed by atoms with van der Waals surface area (Å²) in [4.78, 5) is 12.8. The topological polar surface area (TPSA) is 95.9 Å². The van der Waals surface area contributed by atoms with Crippen molar-refractivity contribution in [3.05, 3.63) is 88.9 Å². The fraction of sp³-hybridized carbons (Fsp3) is 0.208. The number of aliphatic hydroxyl groups excluding tert-OH is 1. The van der Waals surface area contributed by atoms with Crippen molar-refractivity contribution in [1.29, 1.82) is 0 Å². The smallest absolute Gasteiger partial charge is 0.264 e. The molecule has 33 heavy (non-hydrogen) atoms. The average molecular weight is 489 g/mol. The van der Waals surface area contributed by atoms with Crippen LogP contribution in [0.2, 0.25) is 5.02 Å². The van der Waals surface area contributed by atoms with Crippen molar-refractivity contribution >= 4 is 33.2 Å². The van der Waals surface area contributed by atoms with Gasteiger partial charge in [-0.2, -0.15) is 0 Å². The van der Waals surface area contributed by atoms with E-state index < -0.39 is 28.6 Å². The summed E-state index contributed by atoms with van der Waals surface area (Å²) in [6, 6.07) is 19.7.